The first-order valence-corrected chi connectivity index (χ1v) is 10.1. The number of amides is 4. The number of carbonyl (C=O) groups excluding carboxylic acids is 3. The third kappa shape index (κ3) is 7.55. The molecule has 4 amide bonds. The minimum absolute atomic E-state index is 0.0373. The molecular formula is C20H29ClN4O4. The van der Waals surface area contributed by atoms with Crippen molar-refractivity contribution in [2.75, 3.05) is 32.6 Å². The highest BCUT2D eigenvalue weighted by Crippen LogP contribution is 2.27. The Bertz CT molecular complexity index is 743. The first-order valence-electron chi connectivity index (χ1n) is 9.70. The van der Waals surface area contributed by atoms with Crippen LogP contribution in [0.15, 0.2) is 18.2 Å². The van der Waals surface area contributed by atoms with Crippen LogP contribution in [0.1, 0.15) is 32.6 Å². The Morgan fingerprint density at radius 1 is 1.17 bits per heavy atom. The van der Waals surface area contributed by atoms with Crippen molar-refractivity contribution >= 4 is 35.1 Å². The van der Waals surface area contributed by atoms with Crippen molar-refractivity contribution in [1.29, 1.82) is 0 Å². The van der Waals surface area contributed by atoms with Crippen molar-refractivity contribution in [3.05, 3.63) is 23.2 Å². The summed E-state index contributed by atoms with van der Waals surface area (Å²) >= 11 is 5.95. The SMILES string of the molecule is COc1ccc(Cl)cc1NC(=O)CN(C)CC(=O)NC(=O)NC1CCCCC1C. The Kier molecular flexibility index (Phi) is 8.72. The average Bonchev–Trinajstić information content (AvgIpc) is 2.63. The van der Waals surface area contributed by atoms with E-state index in [1.54, 1.807) is 25.2 Å². The Balaban J connectivity index is 1.77. The van der Waals surface area contributed by atoms with Crippen LogP contribution in [0.25, 0.3) is 0 Å². The number of likely N-dealkylation sites (N-methyl/N-ethyl adjacent to an activating group) is 1. The quantitative estimate of drug-likeness (QED) is 0.624. The molecule has 0 heterocycles. The van der Waals surface area contributed by atoms with Gasteiger partial charge in [-0.25, -0.2) is 4.79 Å². The fraction of sp³-hybridized carbons (Fsp3) is 0.550. The number of hydrogen-bond donors (Lipinski definition) is 3. The van der Waals surface area contributed by atoms with Gasteiger partial charge in [0.05, 0.1) is 25.9 Å². The van der Waals surface area contributed by atoms with E-state index in [0.717, 1.165) is 19.3 Å². The highest BCUT2D eigenvalue weighted by molar-refractivity contribution is 6.31. The number of anilines is 1. The smallest absolute Gasteiger partial charge is 0.321 e. The molecule has 3 N–H and O–H groups in total. The van der Waals surface area contributed by atoms with Crippen molar-refractivity contribution in [3.63, 3.8) is 0 Å². The highest BCUT2D eigenvalue weighted by atomic mass is 35.5. The van der Waals surface area contributed by atoms with Gasteiger partial charge in [-0.2, -0.15) is 0 Å². The van der Waals surface area contributed by atoms with Gasteiger partial charge in [0.15, 0.2) is 0 Å². The third-order valence-corrected chi connectivity index (χ3v) is 5.18. The van der Waals surface area contributed by atoms with Crippen LogP contribution in [0.4, 0.5) is 10.5 Å². The highest BCUT2D eigenvalue weighted by Gasteiger charge is 2.23. The monoisotopic (exact) mass is 424 g/mol. The molecule has 0 aliphatic heterocycles. The van der Waals surface area contributed by atoms with E-state index >= 15 is 0 Å². The molecule has 1 aromatic carbocycles. The molecule has 2 rings (SSSR count). The molecule has 160 valence electrons. The van der Waals surface area contributed by atoms with Crippen molar-refractivity contribution in [2.45, 2.75) is 38.6 Å². The van der Waals surface area contributed by atoms with Crippen molar-refractivity contribution in [3.8, 4) is 5.75 Å². The minimum atomic E-state index is -0.490. The molecule has 8 nitrogen and oxygen atoms in total. The molecule has 1 fully saturated rings. The summed E-state index contributed by atoms with van der Waals surface area (Å²) in [5.41, 5.74) is 0.448. The van der Waals surface area contributed by atoms with Crippen molar-refractivity contribution in [2.24, 2.45) is 5.92 Å². The van der Waals surface area contributed by atoms with E-state index in [9.17, 15) is 14.4 Å². The van der Waals surface area contributed by atoms with Gasteiger partial charge in [0, 0.05) is 11.1 Å². The second-order valence-corrected chi connectivity index (χ2v) is 7.89. The number of ether oxygens (including phenoxy) is 1. The van der Waals surface area contributed by atoms with E-state index in [-0.39, 0.29) is 25.0 Å². The zero-order valence-electron chi connectivity index (χ0n) is 17.1. The Hall–Kier alpha value is -2.32. The number of methoxy groups -OCH3 is 1. The fourth-order valence-electron chi connectivity index (χ4n) is 3.42. The van der Waals surface area contributed by atoms with E-state index in [4.69, 9.17) is 16.3 Å². The van der Waals surface area contributed by atoms with Gasteiger partial charge in [-0.15, -0.1) is 0 Å². The summed E-state index contributed by atoms with van der Waals surface area (Å²) in [6.07, 6.45) is 4.26. The number of imide groups is 1. The molecule has 0 bridgehead atoms. The van der Waals surface area contributed by atoms with Gasteiger partial charge in [-0.1, -0.05) is 31.4 Å². The van der Waals surface area contributed by atoms with Crippen LogP contribution in [0.3, 0.4) is 0 Å². The van der Waals surface area contributed by atoms with Gasteiger partial charge >= 0.3 is 6.03 Å². The van der Waals surface area contributed by atoms with Crippen LogP contribution < -0.4 is 20.7 Å². The van der Waals surface area contributed by atoms with E-state index < -0.39 is 11.9 Å². The minimum Gasteiger partial charge on any atom is -0.495 e. The lowest BCUT2D eigenvalue weighted by atomic mass is 9.86. The van der Waals surface area contributed by atoms with E-state index in [1.807, 2.05) is 0 Å². The zero-order chi connectivity index (χ0) is 21.4. The summed E-state index contributed by atoms with van der Waals surface area (Å²) in [5, 5.41) is 8.37. The normalized spacial score (nSPS) is 18.8. The van der Waals surface area contributed by atoms with Crippen LogP contribution in [-0.4, -0.2) is 56.0 Å². The molecule has 2 atom stereocenters. The van der Waals surface area contributed by atoms with E-state index in [2.05, 4.69) is 22.9 Å². The number of benzene rings is 1. The van der Waals surface area contributed by atoms with E-state index in [0.29, 0.717) is 22.4 Å². The molecule has 29 heavy (non-hydrogen) atoms. The molecule has 9 heteroatoms. The second-order valence-electron chi connectivity index (χ2n) is 7.45. The largest absolute Gasteiger partial charge is 0.495 e. The van der Waals surface area contributed by atoms with Crippen LogP contribution in [-0.2, 0) is 9.59 Å². The summed E-state index contributed by atoms with van der Waals surface area (Å²) in [7, 11) is 3.12. The Morgan fingerprint density at radius 2 is 1.86 bits per heavy atom. The summed E-state index contributed by atoms with van der Waals surface area (Å²) in [6, 6.07) is 4.50. The molecule has 1 aliphatic rings. The first-order chi connectivity index (χ1) is 13.8. The average molecular weight is 425 g/mol. The lowest BCUT2D eigenvalue weighted by Gasteiger charge is -2.29. The van der Waals surface area contributed by atoms with Gasteiger partial charge in [0.2, 0.25) is 11.8 Å². The lowest BCUT2D eigenvalue weighted by molar-refractivity contribution is -0.122. The summed E-state index contributed by atoms with van der Waals surface area (Å²) < 4.78 is 5.19. The molecular weight excluding hydrogens is 396 g/mol. The number of nitrogens with zero attached hydrogens (tertiary/aromatic N) is 1. The van der Waals surface area contributed by atoms with Gasteiger partial charge < -0.3 is 15.4 Å². The fourth-order valence-corrected chi connectivity index (χ4v) is 3.59. The van der Waals surface area contributed by atoms with E-state index in [1.165, 1.54) is 18.4 Å². The molecule has 1 aromatic rings. The number of hydrogen-bond acceptors (Lipinski definition) is 5. The standard InChI is InChI=1S/C20H29ClN4O4/c1-13-6-4-5-7-15(13)23-20(28)24-19(27)12-25(2)11-18(26)22-16-10-14(21)8-9-17(16)29-3/h8-10,13,15H,4-7,11-12H2,1-3H3,(H,22,26)(H2,23,24,27,28). The molecule has 0 radical (unpaired) electrons. The topological polar surface area (TPSA) is 99.8 Å². The predicted molar refractivity (Wildman–Crippen MR) is 112 cm³/mol. The van der Waals surface area contributed by atoms with Gasteiger partial charge in [0.25, 0.3) is 0 Å². The lowest BCUT2D eigenvalue weighted by Crippen LogP contribution is -2.50. The maximum Gasteiger partial charge on any atom is 0.321 e. The van der Waals surface area contributed by atoms with Gasteiger partial charge in [0.1, 0.15) is 5.75 Å². The summed E-state index contributed by atoms with van der Waals surface area (Å²) in [6.45, 7) is 1.98. The number of urea groups is 1. The maximum absolute atomic E-state index is 12.2. The molecule has 0 spiro atoms. The summed E-state index contributed by atoms with van der Waals surface area (Å²) in [5.74, 6) is 0.0826. The molecule has 0 aromatic heterocycles. The predicted octanol–water partition coefficient (Wildman–Crippen LogP) is 2.62. The van der Waals surface area contributed by atoms with Gasteiger partial charge in [-0.05, 0) is 44.0 Å². The molecule has 1 aliphatic carbocycles. The third-order valence-electron chi connectivity index (χ3n) is 4.94. The molecule has 1 saturated carbocycles. The zero-order valence-corrected chi connectivity index (χ0v) is 17.8. The van der Waals surface area contributed by atoms with Crippen molar-refractivity contribution in [1.82, 2.24) is 15.5 Å². The Morgan fingerprint density at radius 3 is 2.55 bits per heavy atom. The molecule has 2 unspecified atom stereocenters. The van der Waals surface area contributed by atoms with Crippen LogP contribution in [0, 0.1) is 5.92 Å². The maximum atomic E-state index is 12.2. The summed E-state index contributed by atoms with van der Waals surface area (Å²) in [4.78, 5) is 37.9. The van der Waals surface area contributed by atoms with Crippen LogP contribution in [0.2, 0.25) is 5.02 Å². The van der Waals surface area contributed by atoms with Crippen molar-refractivity contribution < 1.29 is 19.1 Å². The Labute approximate surface area is 176 Å². The number of rotatable bonds is 7. The number of nitrogens with one attached hydrogen (secondary N) is 3. The van der Waals surface area contributed by atoms with Gasteiger partial charge in [-0.3, -0.25) is 19.8 Å². The number of carbonyl (C=O) groups is 3. The first kappa shape index (κ1) is 23.0. The van der Waals surface area contributed by atoms with Crippen LogP contribution >= 0.6 is 11.6 Å². The molecule has 0 saturated heterocycles. The van der Waals surface area contributed by atoms with Crippen LogP contribution in [0.5, 0.6) is 5.75 Å². The number of halogens is 1. The second kappa shape index (κ2) is 11.0.